The van der Waals surface area contributed by atoms with Gasteiger partial charge in [0.05, 0.1) is 17.8 Å². The Morgan fingerprint density at radius 1 is 1.22 bits per heavy atom. The van der Waals surface area contributed by atoms with E-state index < -0.39 is 23.8 Å². The lowest BCUT2D eigenvalue weighted by molar-refractivity contribution is 0.106. The molecule has 0 aliphatic carbocycles. The predicted octanol–water partition coefficient (Wildman–Crippen LogP) is 1.70. The molecule has 0 saturated carbocycles. The van der Waals surface area contributed by atoms with E-state index in [1.54, 1.807) is 18.9 Å². The molecule has 1 rings (SSSR count). The Morgan fingerprint density at radius 2 is 1.78 bits per heavy atom. The Labute approximate surface area is 106 Å². The molecule has 3 nitrogen and oxygen atoms in total. The van der Waals surface area contributed by atoms with Crippen LogP contribution in [-0.4, -0.2) is 41.4 Å². The molecule has 0 aromatic heterocycles. The largest absolute Gasteiger partial charge is 0.393 e. The van der Waals surface area contributed by atoms with Crippen LogP contribution < -0.4 is 0 Å². The second-order valence-corrected chi connectivity index (χ2v) is 4.55. The Kier molecular flexibility index (Phi) is 5.65. The van der Waals surface area contributed by atoms with Crippen molar-refractivity contribution in [2.75, 3.05) is 20.1 Å². The zero-order chi connectivity index (χ0) is 13.7. The molecular weight excluding hydrogens is 240 g/mol. The van der Waals surface area contributed by atoms with Gasteiger partial charge in [0.2, 0.25) is 0 Å². The van der Waals surface area contributed by atoms with Crippen LogP contribution in [0.4, 0.5) is 8.78 Å². The summed E-state index contributed by atoms with van der Waals surface area (Å²) in [5, 5.41) is 19.0. The van der Waals surface area contributed by atoms with Crippen LogP contribution in [-0.2, 0) is 0 Å². The first kappa shape index (κ1) is 15.0. The molecule has 102 valence electrons. The van der Waals surface area contributed by atoms with E-state index in [-0.39, 0.29) is 12.1 Å². The number of halogens is 2. The first-order valence-corrected chi connectivity index (χ1v) is 5.90. The maximum Gasteiger partial charge on any atom is 0.131 e. The normalized spacial score (nSPS) is 14.8. The molecule has 1 aromatic carbocycles. The predicted molar refractivity (Wildman–Crippen MR) is 65.1 cm³/mol. The van der Waals surface area contributed by atoms with Gasteiger partial charge in [0, 0.05) is 13.1 Å². The molecule has 0 bridgehead atoms. The van der Waals surface area contributed by atoms with Crippen LogP contribution >= 0.6 is 0 Å². The van der Waals surface area contributed by atoms with Gasteiger partial charge in [-0.3, -0.25) is 0 Å². The van der Waals surface area contributed by atoms with E-state index in [9.17, 15) is 13.9 Å². The third kappa shape index (κ3) is 4.33. The van der Waals surface area contributed by atoms with Crippen LogP contribution in [0.2, 0.25) is 0 Å². The van der Waals surface area contributed by atoms with Gasteiger partial charge in [-0.1, -0.05) is 6.07 Å². The zero-order valence-electron chi connectivity index (χ0n) is 10.6. The van der Waals surface area contributed by atoms with Crippen LogP contribution in [0.1, 0.15) is 25.0 Å². The van der Waals surface area contributed by atoms with Gasteiger partial charge < -0.3 is 15.1 Å². The molecular formula is C13H19F2NO2. The molecule has 5 heteroatoms. The summed E-state index contributed by atoms with van der Waals surface area (Å²) in [7, 11) is 1.73. The number of hydrogen-bond acceptors (Lipinski definition) is 3. The van der Waals surface area contributed by atoms with Crippen molar-refractivity contribution in [1.82, 2.24) is 4.90 Å². The second kappa shape index (κ2) is 6.78. The Hall–Kier alpha value is -1.04. The summed E-state index contributed by atoms with van der Waals surface area (Å²) in [4.78, 5) is 1.73. The van der Waals surface area contributed by atoms with Crippen molar-refractivity contribution in [1.29, 1.82) is 0 Å². The van der Waals surface area contributed by atoms with Crippen LogP contribution in [0.5, 0.6) is 0 Å². The highest BCUT2D eigenvalue weighted by molar-refractivity contribution is 5.22. The summed E-state index contributed by atoms with van der Waals surface area (Å²) >= 11 is 0. The van der Waals surface area contributed by atoms with E-state index >= 15 is 0 Å². The van der Waals surface area contributed by atoms with Crippen molar-refractivity contribution < 1.29 is 19.0 Å². The van der Waals surface area contributed by atoms with Gasteiger partial charge in [-0.2, -0.15) is 0 Å². The monoisotopic (exact) mass is 259 g/mol. The molecule has 18 heavy (non-hydrogen) atoms. The highest BCUT2D eigenvalue weighted by Crippen LogP contribution is 2.21. The third-order valence-corrected chi connectivity index (χ3v) is 2.75. The average Bonchev–Trinajstić information content (AvgIpc) is 2.26. The van der Waals surface area contributed by atoms with Gasteiger partial charge in [-0.05, 0) is 32.5 Å². The molecule has 0 radical (unpaired) electrons. The fourth-order valence-electron chi connectivity index (χ4n) is 1.71. The Bertz CT molecular complexity index is 365. The lowest BCUT2D eigenvalue weighted by atomic mass is 10.1. The SMILES string of the molecule is CC(O)CCN(C)CC(O)c1c(F)cccc1F. The van der Waals surface area contributed by atoms with E-state index in [1.165, 1.54) is 6.07 Å². The van der Waals surface area contributed by atoms with Crippen molar-refractivity contribution >= 4 is 0 Å². The highest BCUT2D eigenvalue weighted by atomic mass is 19.1. The summed E-state index contributed by atoms with van der Waals surface area (Å²) in [5.41, 5.74) is -0.304. The van der Waals surface area contributed by atoms with Crippen molar-refractivity contribution in [2.45, 2.75) is 25.6 Å². The maximum atomic E-state index is 13.4. The minimum absolute atomic E-state index is 0.116. The topological polar surface area (TPSA) is 43.7 Å². The molecule has 0 spiro atoms. The maximum absolute atomic E-state index is 13.4. The number of likely N-dealkylation sites (N-methyl/N-ethyl adjacent to an activating group) is 1. The minimum atomic E-state index is -1.22. The van der Waals surface area contributed by atoms with Gasteiger partial charge in [-0.25, -0.2) is 8.78 Å². The fraction of sp³-hybridized carbons (Fsp3) is 0.538. The van der Waals surface area contributed by atoms with Gasteiger partial charge in [0.25, 0.3) is 0 Å². The van der Waals surface area contributed by atoms with E-state index in [1.807, 2.05) is 0 Å². The second-order valence-electron chi connectivity index (χ2n) is 4.55. The van der Waals surface area contributed by atoms with Crippen LogP contribution in [0.25, 0.3) is 0 Å². The molecule has 0 aliphatic rings. The first-order valence-electron chi connectivity index (χ1n) is 5.90. The molecule has 1 aromatic rings. The first-order chi connectivity index (χ1) is 8.41. The van der Waals surface area contributed by atoms with Crippen LogP contribution in [0.15, 0.2) is 18.2 Å². The minimum Gasteiger partial charge on any atom is -0.393 e. The molecule has 2 unspecified atom stereocenters. The standard InChI is InChI=1S/C13H19F2NO2/c1-9(17)6-7-16(2)8-12(18)13-10(14)4-3-5-11(13)15/h3-5,9,12,17-18H,6-8H2,1-2H3. The molecule has 0 saturated heterocycles. The van der Waals surface area contributed by atoms with E-state index in [0.717, 1.165) is 12.1 Å². The van der Waals surface area contributed by atoms with Gasteiger partial charge >= 0.3 is 0 Å². The quantitative estimate of drug-likeness (QED) is 0.817. The van der Waals surface area contributed by atoms with Crippen molar-refractivity contribution in [2.24, 2.45) is 0 Å². The van der Waals surface area contributed by atoms with E-state index in [2.05, 4.69) is 0 Å². The molecule has 0 heterocycles. The summed E-state index contributed by atoms with van der Waals surface area (Å²) in [6.45, 7) is 2.33. The number of rotatable bonds is 6. The smallest absolute Gasteiger partial charge is 0.131 e. The third-order valence-electron chi connectivity index (χ3n) is 2.75. The zero-order valence-corrected chi connectivity index (χ0v) is 10.6. The molecule has 2 N–H and O–H groups in total. The van der Waals surface area contributed by atoms with E-state index in [0.29, 0.717) is 13.0 Å². The summed E-state index contributed by atoms with van der Waals surface area (Å²) in [6, 6.07) is 3.51. The molecule has 0 aliphatic heterocycles. The van der Waals surface area contributed by atoms with Crippen molar-refractivity contribution in [3.63, 3.8) is 0 Å². The van der Waals surface area contributed by atoms with Crippen LogP contribution in [0.3, 0.4) is 0 Å². The summed E-state index contributed by atoms with van der Waals surface area (Å²) in [5.74, 6) is -1.49. The Morgan fingerprint density at radius 3 is 2.28 bits per heavy atom. The molecule has 0 amide bonds. The van der Waals surface area contributed by atoms with Gasteiger partial charge in [0.1, 0.15) is 11.6 Å². The number of aliphatic hydroxyl groups excluding tert-OH is 2. The molecule has 0 fully saturated rings. The fourth-order valence-corrected chi connectivity index (χ4v) is 1.71. The number of aliphatic hydroxyl groups is 2. The van der Waals surface area contributed by atoms with Gasteiger partial charge in [-0.15, -0.1) is 0 Å². The summed E-state index contributed by atoms with van der Waals surface area (Å²) < 4.78 is 26.8. The average molecular weight is 259 g/mol. The lowest BCUT2D eigenvalue weighted by Crippen LogP contribution is -2.28. The highest BCUT2D eigenvalue weighted by Gasteiger charge is 2.19. The van der Waals surface area contributed by atoms with Gasteiger partial charge in [0.15, 0.2) is 0 Å². The Balaban J connectivity index is 2.62. The van der Waals surface area contributed by atoms with E-state index in [4.69, 9.17) is 5.11 Å². The lowest BCUT2D eigenvalue weighted by Gasteiger charge is -2.21. The summed E-state index contributed by atoms with van der Waals surface area (Å²) in [6.07, 6.45) is -1.11. The van der Waals surface area contributed by atoms with Crippen molar-refractivity contribution in [3.8, 4) is 0 Å². The van der Waals surface area contributed by atoms with Crippen molar-refractivity contribution in [3.05, 3.63) is 35.4 Å². The molecule has 2 atom stereocenters. The number of hydrogen-bond donors (Lipinski definition) is 2. The number of nitrogens with zero attached hydrogens (tertiary/aromatic N) is 1. The van der Waals surface area contributed by atoms with Crippen LogP contribution in [0, 0.1) is 11.6 Å². The number of benzene rings is 1.